The molecular formula is C17H22N2O2. The molecule has 2 aliphatic rings. The molecule has 0 radical (unpaired) electrons. The molecule has 1 fully saturated rings. The van der Waals surface area contributed by atoms with Crippen molar-refractivity contribution >= 4 is 11.7 Å². The number of hydrogen-bond donors (Lipinski definition) is 1. The van der Waals surface area contributed by atoms with Crippen LogP contribution in [0.4, 0.5) is 4.79 Å². The third-order valence-electron chi connectivity index (χ3n) is 4.14. The van der Waals surface area contributed by atoms with E-state index in [2.05, 4.69) is 48.6 Å². The molecule has 1 aliphatic carbocycles. The number of nitrogens with zero attached hydrogens (tertiary/aromatic N) is 1. The summed E-state index contributed by atoms with van der Waals surface area (Å²) in [4.78, 5) is 13.3. The molecule has 3 rings (SSSR count). The predicted octanol–water partition coefficient (Wildman–Crippen LogP) is 2.23. The molecule has 1 aromatic carbocycles. The van der Waals surface area contributed by atoms with Gasteiger partial charge in [-0.25, -0.2) is 4.79 Å². The Hall–Kier alpha value is -1.81. The second-order valence-corrected chi connectivity index (χ2v) is 6.12. The number of nitrogens with one attached hydrogen (secondary N) is 1. The number of hydrogen-bond acceptors (Lipinski definition) is 3. The lowest BCUT2D eigenvalue weighted by atomic mass is 9.97. The smallest absolute Gasteiger partial charge is 0.407 e. The summed E-state index contributed by atoms with van der Waals surface area (Å²) < 4.78 is 4.95. The van der Waals surface area contributed by atoms with Crippen molar-refractivity contribution in [3.63, 3.8) is 0 Å². The van der Waals surface area contributed by atoms with Crippen LogP contribution in [0.25, 0.3) is 5.57 Å². The second kappa shape index (κ2) is 5.90. The van der Waals surface area contributed by atoms with Crippen molar-refractivity contribution in [2.45, 2.75) is 25.3 Å². The van der Waals surface area contributed by atoms with Crippen LogP contribution in [0.1, 0.15) is 23.1 Å². The summed E-state index contributed by atoms with van der Waals surface area (Å²) in [6.07, 6.45) is 5.01. The summed E-state index contributed by atoms with van der Waals surface area (Å²) in [6, 6.07) is 6.79. The molecule has 1 amide bonds. The van der Waals surface area contributed by atoms with Gasteiger partial charge in [-0.2, -0.15) is 0 Å². The van der Waals surface area contributed by atoms with Crippen LogP contribution in [0.15, 0.2) is 24.3 Å². The van der Waals surface area contributed by atoms with Gasteiger partial charge in [-0.15, -0.1) is 0 Å². The van der Waals surface area contributed by atoms with E-state index < -0.39 is 0 Å². The largest absolute Gasteiger partial charge is 0.447 e. The molecule has 4 heteroatoms. The molecule has 1 saturated heterocycles. The van der Waals surface area contributed by atoms with Crippen LogP contribution in [0, 0.1) is 0 Å². The molecule has 0 bridgehead atoms. The van der Waals surface area contributed by atoms with E-state index in [-0.39, 0.29) is 12.1 Å². The van der Waals surface area contributed by atoms with E-state index >= 15 is 0 Å². The summed E-state index contributed by atoms with van der Waals surface area (Å²) in [6.45, 7) is 1.54. The molecule has 1 N–H and O–H groups in total. The van der Waals surface area contributed by atoms with E-state index in [1.165, 1.54) is 22.3 Å². The minimum absolute atomic E-state index is 0.103. The van der Waals surface area contributed by atoms with E-state index in [1.807, 2.05) is 0 Å². The maximum absolute atomic E-state index is 11.1. The summed E-state index contributed by atoms with van der Waals surface area (Å²) in [7, 11) is 4.21. The molecular weight excluding hydrogens is 264 g/mol. The number of carbonyl (C=O) groups excluding carboxylic acids is 1. The highest BCUT2D eigenvalue weighted by molar-refractivity contribution is 5.74. The van der Waals surface area contributed by atoms with Crippen LogP contribution in [-0.2, 0) is 17.6 Å². The summed E-state index contributed by atoms with van der Waals surface area (Å²) in [5, 5.41) is 2.84. The van der Waals surface area contributed by atoms with Gasteiger partial charge in [-0.3, -0.25) is 0 Å². The fourth-order valence-corrected chi connectivity index (χ4v) is 2.97. The molecule has 4 nitrogen and oxygen atoms in total. The van der Waals surface area contributed by atoms with Gasteiger partial charge in [-0.05, 0) is 55.6 Å². The fourth-order valence-electron chi connectivity index (χ4n) is 2.97. The zero-order chi connectivity index (χ0) is 14.8. The van der Waals surface area contributed by atoms with Crippen LogP contribution in [-0.4, -0.2) is 44.3 Å². The van der Waals surface area contributed by atoms with Gasteiger partial charge in [0.15, 0.2) is 0 Å². The van der Waals surface area contributed by atoms with Crippen molar-refractivity contribution in [1.82, 2.24) is 10.2 Å². The maximum Gasteiger partial charge on any atom is 0.407 e. The number of allylic oxidation sites excluding steroid dienone is 1. The first-order valence-electron chi connectivity index (χ1n) is 7.51. The number of rotatable bonds is 5. The van der Waals surface area contributed by atoms with Crippen LogP contribution < -0.4 is 5.32 Å². The second-order valence-electron chi connectivity index (χ2n) is 6.12. The molecule has 1 aliphatic heterocycles. The zero-order valence-corrected chi connectivity index (χ0v) is 12.7. The summed E-state index contributed by atoms with van der Waals surface area (Å²) >= 11 is 0. The van der Waals surface area contributed by atoms with Gasteiger partial charge >= 0.3 is 6.09 Å². The monoisotopic (exact) mass is 286 g/mol. The Kier molecular flexibility index (Phi) is 3.97. The highest BCUT2D eigenvalue weighted by Gasteiger charge is 2.23. The number of fused-ring (bicyclic) bond motifs is 1. The van der Waals surface area contributed by atoms with Crippen molar-refractivity contribution in [2.75, 3.05) is 27.2 Å². The lowest BCUT2D eigenvalue weighted by Gasteiger charge is -2.13. The predicted molar refractivity (Wildman–Crippen MR) is 83.3 cm³/mol. The normalized spacial score (nSPS) is 20.2. The maximum atomic E-state index is 11.1. The van der Waals surface area contributed by atoms with Crippen molar-refractivity contribution in [1.29, 1.82) is 0 Å². The van der Waals surface area contributed by atoms with E-state index in [0.717, 1.165) is 25.8 Å². The standard InChI is InChI=1S/C17H22N2O2/c1-19(2)8-7-14-6-5-13-4-3-12(10-16(13)14)9-15-11-21-17(20)18-15/h3-4,6,10,15H,5,7-9,11H2,1-2H3,(H,18,20). The Morgan fingerprint density at radius 3 is 2.95 bits per heavy atom. The highest BCUT2D eigenvalue weighted by atomic mass is 16.6. The van der Waals surface area contributed by atoms with Crippen LogP contribution in [0.2, 0.25) is 0 Å². The molecule has 1 unspecified atom stereocenters. The Morgan fingerprint density at radius 2 is 2.24 bits per heavy atom. The average molecular weight is 286 g/mol. The Balaban J connectivity index is 1.70. The summed E-state index contributed by atoms with van der Waals surface area (Å²) in [5.74, 6) is 0. The van der Waals surface area contributed by atoms with Crippen LogP contribution in [0.5, 0.6) is 0 Å². The first kappa shape index (κ1) is 14.1. The minimum atomic E-state index is -0.298. The van der Waals surface area contributed by atoms with E-state index in [9.17, 15) is 4.79 Å². The van der Waals surface area contributed by atoms with Gasteiger partial charge in [0.05, 0.1) is 6.04 Å². The Bertz CT molecular complexity index is 578. The van der Waals surface area contributed by atoms with Gasteiger partial charge in [0.2, 0.25) is 0 Å². The van der Waals surface area contributed by atoms with E-state index in [0.29, 0.717) is 6.61 Å². The SMILES string of the molecule is CN(C)CCC1=CCc2ccc(CC3COC(=O)N3)cc21. The van der Waals surface area contributed by atoms with Gasteiger partial charge in [0, 0.05) is 6.54 Å². The lowest BCUT2D eigenvalue weighted by Crippen LogP contribution is -2.28. The number of benzene rings is 1. The van der Waals surface area contributed by atoms with Crippen LogP contribution in [0.3, 0.4) is 0 Å². The molecule has 0 aromatic heterocycles. The van der Waals surface area contributed by atoms with Gasteiger partial charge in [-0.1, -0.05) is 24.3 Å². The highest BCUT2D eigenvalue weighted by Crippen LogP contribution is 2.31. The fraction of sp³-hybridized carbons (Fsp3) is 0.471. The Morgan fingerprint density at radius 1 is 1.38 bits per heavy atom. The summed E-state index contributed by atoms with van der Waals surface area (Å²) in [5.41, 5.74) is 5.52. The molecule has 1 atom stereocenters. The first-order chi connectivity index (χ1) is 10.1. The van der Waals surface area contributed by atoms with E-state index in [4.69, 9.17) is 4.74 Å². The van der Waals surface area contributed by atoms with Gasteiger partial charge in [0.1, 0.15) is 6.61 Å². The van der Waals surface area contributed by atoms with Gasteiger partial charge < -0.3 is 15.0 Å². The van der Waals surface area contributed by atoms with Gasteiger partial charge in [0.25, 0.3) is 0 Å². The number of alkyl carbamates (subject to hydrolysis) is 1. The number of cyclic esters (lactones) is 1. The van der Waals surface area contributed by atoms with Crippen molar-refractivity contribution in [3.05, 3.63) is 41.0 Å². The molecule has 1 aromatic rings. The lowest BCUT2D eigenvalue weighted by molar-refractivity contribution is 0.177. The first-order valence-corrected chi connectivity index (χ1v) is 7.51. The zero-order valence-electron chi connectivity index (χ0n) is 12.7. The molecule has 0 saturated carbocycles. The van der Waals surface area contributed by atoms with Crippen molar-refractivity contribution in [3.8, 4) is 0 Å². The number of amides is 1. The third kappa shape index (κ3) is 3.27. The number of carbonyl (C=O) groups is 1. The quantitative estimate of drug-likeness (QED) is 0.902. The molecule has 112 valence electrons. The molecule has 0 spiro atoms. The third-order valence-corrected chi connectivity index (χ3v) is 4.14. The molecule has 1 heterocycles. The van der Waals surface area contributed by atoms with E-state index in [1.54, 1.807) is 0 Å². The molecule has 21 heavy (non-hydrogen) atoms. The van der Waals surface area contributed by atoms with Crippen molar-refractivity contribution in [2.24, 2.45) is 0 Å². The average Bonchev–Trinajstić information content (AvgIpc) is 3.03. The van der Waals surface area contributed by atoms with Crippen molar-refractivity contribution < 1.29 is 9.53 Å². The Labute approximate surface area is 125 Å². The minimum Gasteiger partial charge on any atom is -0.447 e. The topological polar surface area (TPSA) is 41.6 Å². The number of ether oxygens (including phenoxy) is 1. The van der Waals surface area contributed by atoms with Crippen LogP contribution >= 0.6 is 0 Å².